The van der Waals surface area contributed by atoms with Crippen molar-refractivity contribution in [3.63, 3.8) is 0 Å². The fourth-order valence-corrected chi connectivity index (χ4v) is 2.06. The fourth-order valence-electron chi connectivity index (χ4n) is 2.06. The average molecular weight is 108 g/mol. The van der Waals surface area contributed by atoms with Gasteiger partial charge in [-0.3, -0.25) is 0 Å². The Kier molecular flexibility index (Phi) is 0.787. The van der Waals surface area contributed by atoms with E-state index in [2.05, 4.69) is 19.1 Å². The first-order valence-electron chi connectivity index (χ1n) is 3.54. The van der Waals surface area contributed by atoms with Crippen molar-refractivity contribution in [3.05, 3.63) is 12.2 Å². The van der Waals surface area contributed by atoms with Crippen LogP contribution in [-0.2, 0) is 0 Å². The van der Waals surface area contributed by atoms with Crippen LogP contribution in [0.2, 0.25) is 0 Å². The van der Waals surface area contributed by atoms with Crippen molar-refractivity contribution in [1.29, 1.82) is 0 Å². The van der Waals surface area contributed by atoms with Gasteiger partial charge in [0, 0.05) is 0 Å². The lowest BCUT2D eigenvalue weighted by molar-refractivity contribution is 0.493. The van der Waals surface area contributed by atoms with Crippen LogP contribution in [-0.4, -0.2) is 0 Å². The molecule has 2 aliphatic carbocycles. The van der Waals surface area contributed by atoms with E-state index >= 15 is 0 Å². The Labute approximate surface area is 50.6 Å². The van der Waals surface area contributed by atoms with Crippen molar-refractivity contribution in [2.75, 3.05) is 0 Å². The van der Waals surface area contributed by atoms with Crippen LogP contribution >= 0.6 is 0 Å². The molecule has 0 aromatic carbocycles. The normalized spacial score (nSPS) is 50.9. The molecule has 0 spiro atoms. The first-order valence-corrected chi connectivity index (χ1v) is 3.54. The summed E-state index contributed by atoms with van der Waals surface area (Å²) in [4.78, 5) is 0. The summed E-state index contributed by atoms with van der Waals surface area (Å²) in [5.41, 5.74) is 0. The molecule has 0 aliphatic heterocycles. The number of hydrogen-bond acceptors (Lipinski definition) is 0. The molecule has 0 N–H and O–H groups in total. The van der Waals surface area contributed by atoms with Crippen LogP contribution in [0.3, 0.4) is 0 Å². The minimum Gasteiger partial charge on any atom is -0.0851 e. The molecule has 0 heterocycles. The summed E-state index contributed by atoms with van der Waals surface area (Å²) in [6.07, 6.45) is 7.71. The van der Waals surface area contributed by atoms with Gasteiger partial charge >= 0.3 is 0 Å². The second-order valence-corrected chi connectivity index (χ2v) is 3.26. The van der Waals surface area contributed by atoms with Crippen LogP contribution in [0.15, 0.2) is 12.2 Å². The Hall–Kier alpha value is -0.260. The van der Waals surface area contributed by atoms with Gasteiger partial charge in [0.05, 0.1) is 0 Å². The van der Waals surface area contributed by atoms with Gasteiger partial charge in [-0.25, -0.2) is 0 Å². The van der Waals surface area contributed by atoms with Gasteiger partial charge in [0.15, 0.2) is 0 Å². The molecular formula is C8H12. The van der Waals surface area contributed by atoms with E-state index in [1.54, 1.807) is 0 Å². The van der Waals surface area contributed by atoms with E-state index in [1.165, 1.54) is 12.8 Å². The predicted octanol–water partition coefficient (Wildman–Crippen LogP) is 2.22. The highest BCUT2D eigenvalue weighted by Crippen LogP contribution is 2.42. The minimum absolute atomic E-state index is 0.958. The van der Waals surface area contributed by atoms with Gasteiger partial charge in [-0.1, -0.05) is 19.1 Å². The van der Waals surface area contributed by atoms with Gasteiger partial charge in [-0.05, 0) is 30.6 Å². The molecular weight excluding hydrogens is 96.1 g/mol. The predicted molar refractivity (Wildman–Crippen MR) is 34.5 cm³/mol. The van der Waals surface area contributed by atoms with E-state index < -0.39 is 0 Å². The lowest BCUT2D eigenvalue weighted by Gasteiger charge is -2.09. The number of fused-ring (bicyclic) bond motifs is 2. The van der Waals surface area contributed by atoms with E-state index in [0.717, 1.165) is 17.8 Å². The highest BCUT2D eigenvalue weighted by atomic mass is 14.4. The van der Waals surface area contributed by atoms with Gasteiger partial charge in [-0.2, -0.15) is 0 Å². The Morgan fingerprint density at radius 3 is 2.38 bits per heavy atom. The summed E-state index contributed by atoms with van der Waals surface area (Å²) in [6, 6.07) is 0. The molecule has 2 aliphatic rings. The zero-order valence-corrected chi connectivity index (χ0v) is 5.30. The van der Waals surface area contributed by atoms with Gasteiger partial charge in [0.25, 0.3) is 0 Å². The molecule has 0 heteroatoms. The zero-order valence-electron chi connectivity index (χ0n) is 5.30. The summed E-state index contributed by atoms with van der Waals surface area (Å²) >= 11 is 0. The largest absolute Gasteiger partial charge is 0.0851 e. The van der Waals surface area contributed by atoms with Crippen LogP contribution < -0.4 is 0 Å². The van der Waals surface area contributed by atoms with Gasteiger partial charge in [0.2, 0.25) is 0 Å². The van der Waals surface area contributed by atoms with Gasteiger partial charge < -0.3 is 0 Å². The first kappa shape index (κ1) is 4.60. The van der Waals surface area contributed by atoms with Crippen LogP contribution in [0, 0.1) is 17.8 Å². The maximum atomic E-state index is 2.40. The third kappa shape index (κ3) is 0.460. The van der Waals surface area contributed by atoms with Crippen LogP contribution in [0.25, 0.3) is 0 Å². The van der Waals surface area contributed by atoms with Crippen LogP contribution in [0.5, 0.6) is 0 Å². The summed E-state index contributed by atoms with van der Waals surface area (Å²) in [7, 11) is 0. The molecule has 2 unspecified atom stereocenters. The van der Waals surface area contributed by atoms with Crippen LogP contribution in [0.1, 0.15) is 19.8 Å². The molecule has 44 valence electrons. The molecule has 1 fully saturated rings. The monoisotopic (exact) mass is 108 g/mol. The fraction of sp³-hybridized carbons (Fsp3) is 0.750. The topological polar surface area (TPSA) is 0 Å². The zero-order chi connectivity index (χ0) is 5.56. The molecule has 0 amide bonds. The van der Waals surface area contributed by atoms with Gasteiger partial charge in [-0.15, -0.1) is 0 Å². The second-order valence-electron chi connectivity index (χ2n) is 3.26. The SMILES string of the molecule is CC1C[C@H]2C=CC1C2. The molecule has 2 bridgehead atoms. The molecule has 8 heavy (non-hydrogen) atoms. The maximum Gasteiger partial charge on any atom is -0.0202 e. The lowest BCUT2D eigenvalue weighted by atomic mass is 9.96. The van der Waals surface area contributed by atoms with Crippen molar-refractivity contribution < 1.29 is 0 Å². The molecule has 0 aromatic heterocycles. The quantitative estimate of drug-likeness (QED) is 0.417. The van der Waals surface area contributed by atoms with E-state index in [4.69, 9.17) is 0 Å². The Morgan fingerprint density at radius 2 is 2.12 bits per heavy atom. The van der Waals surface area contributed by atoms with Crippen molar-refractivity contribution in [2.45, 2.75) is 19.8 Å². The molecule has 2 rings (SSSR count). The summed E-state index contributed by atoms with van der Waals surface area (Å²) in [6.45, 7) is 2.37. The third-order valence-corrected chi connectivity index (χ3v) is 2.61. The minimum atomic E-state index is 0.958. The van der Waals surface area contributed by atoms with E-state index in [0.29, 0.717) is 0 Å². The Bertz CT molecular complexity index is 124. The molecule has 0 aromatic rings. The van der Waals surface area contributed by atoms with E-state index in [1.807, 2.05) is 0 Å². The molecule has 1 saturated carbocycles. The summed E-state index contributed by atoms with van der Waals surface area (Å²) in [5, 5.41) is 0. The van der Waals surface area contributed by atoms with E-state index in [9.17, 15) is 0 Å². The lowest BCUT2D eigenvalue weighted by Crippen LogP contribution is -1.99. The van der Waals surface area contributed by atoms with Crippen molar-refractivity contribution >= 4 is 0 Å². The average Bonchev–Trinajstić information content (AvgIpc) is 2.23. The second kappa shape index (κ2) is 1.37. The highest BCUT2D eigenvalue weighted by Gasteiger charge is 2.32. The molecule has 0 saturated heterocycles. The standard InChI is InChI=1S/C8H12/c1-6-4-7-2-3-8(6)5-7/h2-3,6-8H,4-5H2,1H3/t6?,7-,8?/m1/s1. The highest BCUT2D eigenvalue weighted by molar-refractivity contribution is 5.08. The number of allylic oxidation sites excluding steroid dienone is 2. The molecule has 0 nitrogen and oxygen atoms in total. The first-order chi connectivity index (χ1) is 3.86. The maximum absolute atomic E-state index is 2.40. The van der Waals surface area contributed by atoms with Crippen molar-refractivity contribution in [1.82, 2.24) is 0 Å². The number of hydrogen-bond donors (Lipinski definition) is 0. The van der Waals surface area contributed by atoms with Crippen molar-refractivity contribution in [2.24, 2.45) is 17.8 Å². The molecule has 0 radical (unpaired) electrons. The summed E-state index contributed by atoms with van der Waals surface area (Å²) < 4.78 is 0. The van der Waals surface area contributed by atoms with Crippen molar-refractivity contribution in [3.8, 4) is 0 Å². The summed E-state index contributed by atoms with van der Waals surface area (Å²) in [5.74, 6) is 2.92. The third-order valence-electron chi connectivity index (χ3n) is 2.61. The number of rotatable bonds is 0. The van der Waals surface area contributed by atoms with Crippen LogP contribution in [0.4, 0.5) is 0 Å². The Morgan fingerprint density at radius 1 is 1.25 bits per heavy atom. The Balaban J connectivity index is 2.23. The molecule has 3 atom stereocenters. The smallest absolute Gasteiger partial charge is 0.0202 e. The van der Waals surface area contributed by atoms with E-state index in [-0.39, 0.29) is 0 Å². The van der Waals surface area contributed by atoms with Gasteiger partial charge in [0.1, 0.15) is 0 Å².